The lowest BCUT2D eigenvalue weighted by atomic mass is 10.4. The molecule has 16 heavy (non-hydrogen) atoms. The van der Waals surface area contributed by atoms with E-state index in [9.17, 15) is 18.0 Å². The van der Waals surface area contributed by atoms with E-state index in [4.69, 9.17) is 0 Å². The molecule has 8 heteroatoms. The van der Waals surface area contributed by atoms with Crippen molar-refractivity contribution in [2.45, 2.75) is 12.7 Å². The first kappa shape index (κ1) is 12.5. The summed E-state index contributed by atoms with van der Waals surface area (Å²) in [5, 5.41) is 5.73. The highest BCUT2D eigenvalue weighted by molar-refractivity contribution is 5.75. The summed E-state index contributed by atoms with van der Waals surface area (Å²) >= 11 is 0. The van der Waals surface area contributed by atoms with Gasteiger partial charge in [-0.25, -0.2) is 0 Å². The van der Waals surface area contributed by atoms with E-state index < -0.39 is 11.9 Å². The molecular formula is C8H12F3N4O+. The minimum absolute atomic E-state index is 0.226. The first-order chi connectivity index (χ1) is 7.43. The van der Waals surface area contributed by atoms with E-state index >= 15 is 0 Å². The molecule has 0 bridgehead atoms. The topological polar surface area (TPSA) is 74.6 Å². The number of hydrogen-bond acceptors (Lipinski definition) is 2. The third kappa shape index (κ3) is 3.54. The maximum Gasteiger partial charge on any atom is 0.435 e. The standard InChI is InChI=1S/C8H11F3N4O/c9-8(10,11)6-1-4-15(14-6)5-7(16)13-3-2-12/h1,4H,2-3,5,12H2,(H,13,16)/p+1. The minimum Gasteiger partial charge on any atom is -0.356 e. The fraction of sp³-hybridized carbons (Fsp3) is 0.500. The zero-order valence-corrected chi connectivity index (χ0v) is 8.42. The van der Waals surface area contributed by atoms with Gasteiger partial charge in [0.1, 0.15) is 6.54 Å². The number of nitrogens with zero attached hydrogens (tertiary/aromatic N) is 2. The Kier molecular flexibility index (Phi) is 3.88. The third-order valence-electron chi connectivity index (χ3n) is 1.74. The largest absolute Gasteiger partial charge is 0.435 e. The summed E-state index contributed by atoms with van der Waals surface area (Å²) in [4.78, 5) is 11.1. The van der Waals surface area contributed by atoms with Crippen LogP contribution in [0.25, 0.3) is 0 Å². The van der Waals surface area contributed by atoms with Gasteiger partial charge < -0.3 is 11.1 Å². The molecule has 0 saturated heterocycles. The summed E-state index contributed by atoms with van der Waals surface area (Å²) in [5.41, 5.74) is 2.51. The fourth-order valence-electron chi connectivity index (χ4n) is 1.03. The summed E-state index contributed by atoms with van der Waals surface area (Å²) in [5.74, 6) is -0.388. The van der Waals surface area contributed by atoms with Gasteiger partial charge in [-0.2, -0.15) is 18.3 Å². The highest BCUT2D eigenvalue weighted by Crippen LogP contribution is 2.27. The number of hydrogen-bond donors (Lipinski definition) is 2. The molecule has 0 aliphatic heterocycles. The first-order valence-electron chi connectivity index (χ1n) is 4.60. The van der Waals surface area contributed by atoms with Crippen molar-refractivity contribution in [3.8, 4) is 0 Å². The van der Waals surface area contributed by atoms with Gasteiger partial charge in [0.15, 0.2) is 5.69 Å². The van der Waals surface area contributed by atoms with E-state index in [1.165, 1.54) is 0 Å². The molecule has 1 amide bonds. The van der Waals surface area contributed by atoms with Crippen molar-refractivity contribution in [2.24, 2.45) is 0 Å². The molecule has 1 aromatic heterocycles. The van der Waals surface area contributed by atoms with E-state index in [-0.39, 0.29) is 12.5 Å². The van der Waals surface area contributed by atoms with Crippen LogP contribution >= 0.6 is 0 Å². The number of halogens is 3. The van der Waals surface area contributed by atoms with E-state index in [0.29, 0.717) is 13.1 Å². The Morgan fingerprint density at radius 1 is 1.56 bits per heavy atom. The second-order valence-electron chi connectivity index (χ2n) is 3.10. The molecule has 0 aliphatic carbocycles. The molecule has 0 aromatic carbocycles. The van der Waals surface area contributed by atoms with Crippen molar-refractivity contribution >= 4 is 5.91 Å². The van der Waals surface area contributed by atoms with Crippen molar-refractivity contribution in [1.29, 1.82) is 0 Å². The fourth-order valence-corrected chi connectivity index (χ4v) is 1.03. The maximum absolute atomic E-state index is 12.2. The molecule has 5 nitrogen and oxygen atoms in total. The van der Waals surface area contributed by atoms with Gasteiger partial charge in [-0.15, -0.1) is 0 Å². The lowest BCUT2D eigenvalue weighted by Crippen LogP contribution is -2.55. The second kappa shape index (κ2) is 4.97. The molecule has 1 aromatic rings. The average molecular weight is 237 g/mol. The second-order valence-corrected chi connectivity index (χ2v) is 3.10. The zero-order valence-electron chi connectivity index (χ0n) is 8.42. The molecule has 0 spiro atoms. The van der Waals surface area contributed by atoms with E-state index in [0.717, 1.165) is 16.9 Å². The van der Waals surface area contributed by atoms with E-state index in [1.807, 2.05) is 0 Å². The Morgan fingerprint density at radius 3 is 2.75 bits per heavy atom. The SMILES string of the molecule is [NH3+]CCNC(=O)Cn1ccc(C(F)(F)F)n1. The number of aromatic nitrogens is 2. The molecule has 0 unspecified atom stereocenters. The van der Waals surface area contributed by atoms with E-state index in [2.05, 4.69) is 16.1 Å². The van der Waals surface area contributed by atoms with Gasteiger partial charge in [-0.3, -0.25) is 9.48 Å². The minimum atomic E-state index is -4.48. The lowest BCUT2D eigenvalue weighted by molar-refractivity contribution is -0.364. The van der Waals surface area contributed by atoms with Crippen LogP contribution in [0.4, 0.5) is 13.2 Å². The predicted octanol–water partition coefficient (Wildman–Crippen LogP) is -0.740. The first-order valence-corrected chi connectivity index (χ1v) is 4.60. The van der Waals surface area contributed by atoms with Gasteiger partial charge >= 0.3 is 6.18 Å². The van der Waals surface area contributed by atoms with Gasteiger partial charge in [-0.05, 0) is 6.07 Å². The number of quaternary nitrogens is 1. The van der Waals surface area contributed by atoms with Crippen LogP contribution in [0.1, 0.15) is 5.69 Å². The van der Waals surface area contributed by atoms with Crippen LogP contribution in [0, 0.1) is 0 Å². The number of alkyl halides is 3. The molecule has 4 N–H and O–H groups in total. The van der Waals surface area contributed by atoms with Crippen molar-refractivity contribution in [1.82, 2.24) is 15.1 Å². The van der Waals surface area contributed by atoms with Crippen molar-refractivity contribution in [2.75, 3.05) is 13.1 Å². The van der Waals surface area contributed by atoms with Crippen molar-refractivity contribution < 1.29 is 23.7 Å². The molecule has 0 fully saturated rings. The van der Waals surface area contributed by atoms with Crippen molar-refractivity contribution in [3.63, 3.8) is 0 Å². The average Bonchev–Trinajstić information content (AvgIpc) is 2.62. The summed E-state index contributed by atoms with van der Waals surface area (Å²) < 4.78 is 37.4. The Balaban J connectivity index is 2.56. The Labute approximate surface area is 89.4 Å². The number of carbonyl (C=O) groups is 1. The van der Waals surface area contributed by atoms with Crippen LogP contribution in [-0.4, -0.2) is 28.8 Å². The zero-order chi connectivity index (χ0) is 12.2. The van der Waals surface area contributed by atoms with Crippen LogP contribution in [0.5, 0.6) is 0 Å². The van der Waals surface area contributed by atoms with Crippen LogP contribution in [0.3, 0.4) is 0 Å². The number of amides is 1. The van der Waals surface area contributed by atoms with Crippen LogP contribution in [0.2, 0.25) is 0 Å². The van der Waals surface area contributed by atoms with Gasteiger partial charge in [0.2, 0.25) is 5.91 Å². The summed E-state index contributed by atoms with van der Waals surface area (Å²) in [7, 11) is 0. The highest BCUT2D eigenvalue weighted by atomic mass is 19.4. The monoisotopic (exact) mass is 237 g/mol. The molecule has 0 radical (unpaired) electrons. The Bertz CT molecular complexity index is 360. The van der Waals surface area contributed by atoms with E-state index in [1.54, 1.807) is 0 Å². The molecule has 0 atom stereocenters. The van der Waals surface area contributed by atoms with Gasteiger partial charge in [0.25, 0.3) is 0 Å². The molecule has 1 rings (SSSR count). The molecule has 90 valence electrons. The van der Waals surface area contributed by atoms with Gasteiger partial charge in [-0.1, -0.05) is 0 Å². The Morgan fingerprint density at radius 2 is 2.25 bits per heavy atom. The highest BCUT2D eigenvalue weighted by Gasteiger charge is 2.33. The Hall–Kier alpha value is -1.57. The number of nitrogens with one attached hydrogen (secondary N) is 1. The molecule has 1 heterocycles. The normalized spacial score (nSPS) is 11.5. The van der Waals surface area contributed by atoms with Gasteiger partial charge in [0, 0.05) is 6.20 Å². The van der Waals surface area contributed by atoms with Crippen LogP contribution in [-0.2, 0) is 17.5 Å². The smallest absolute Gasteiger partial charge is 0.356 e. The van der Waals surface area contributed by atoms with Gasteiger partial charge in [0.05, 0.1) is 13.1 Å². The molecule has 0 aliphatic rings. The third-order valence-corrected chi connectivity index (χ3v) is 1.74. The molecule has 0 saturated carbocycles. The molecular weight excluding hydrogens is 225 g/mol. The quantitative estimate of drug-likeness (QED) is 0.723. The maximum atomic E-state index is 12.2. The van der Waals surface area contributed by atoms with Crippen LogP contribution < -0.4 is 11.1 Å². The predicted molar refractivity (Wildman–Crippen MR) is 48.0 cm³/mol. The number of carbonyl (C=O) groups excluding carboxylic acids is 1. The summed E-state index contributed by atoms with van der Waals surface area (Å²) in [6.45, 7) is 0.695. The lowest BCUT2D eigenvalue weighted by Gasteiger charge is -2.03. The number of rotatable bonds is 4. The summed E-state index contributed by atoms with van der Waals surface area (Å²) in [6.07, 6.45) is -3.36. The van der Waals surface area contributed by atoms with Crippen LogP contribution in [0.15, 0.2) is 12.3 Å². The van der Waals surface area contributed by atoms with Crippen molar-refractivity contribution in [3.05, 3.63) is 18.0 Å². The summed E-state index contributed by atoms with van der Waals surface area (Å²) in [6, 6.07) is 0.828.